The number of halogens is 1. The Morgan fingerprint density at radius 3 is 2.81 bits per heavy atom. The summed E-state index contributed by atoms with van der Waals surface area (Å²) in [7, 11) is 0. The highest BCUT2D eigenvalue weighted by atomic mass is 35.5. The quantitative estimate of drug-likeness (QED) is 0.851. The lowest BCUT2D eigenvalue weighted by atomic mass is 10.0. The fraction of sp³-hybridized carbons (Fsp3) is 0.556. The fourth-order valence-electron chi connectivity index (χ4n) is 4.03. The Morgan fingerprint density at radius 1 is 1.19 bits per heavy atom. The van der Waals surface area contributed by atoms with Crippen molar-refractivity contribution in [3.05, 3.63) is 34.9 Å². The van der Waals surface area contributed by atoms with Gasteiger partial charge >= 0.3 is 0 Å². The lowest BCUT2D eigenvalue weighted by molar-refractivity contribution is -0.0339. The zero-order valence-corrected chi connectivity index (χ0v) is 15.5. The third-order valence-corrected chi connectivity index (χ3v) is 5.53. The number of anilines is 2. The Kier molecular flexibility index (Phi) is 5.28. The number of aromatic amines is 1. The lowest BCUT2D eigenvalue weighted by Crippen LogP contribution is -2.59. The van der Waals surface area contributed by atoms with Crippen LogP contribution in [0.25, 0.3) is 0 Å². The first kappa shape index (κ1) is 17.6. The van der Waals surface area contributed by atoms with Crippen molar-refractivity contribution in [1.29, 1.82) is 0 Å². The van der Waals surface area contributed by atoms with E-state index in [4.69, 9.17) is 22.1 Å². The van der Waals surface area contributed by atoms with Crippen LogP contribution >= 0.6 is 11.6 Å². The zero-order chi connectivity index (χ0) is 17.9. The normalized spacial score (nSPS) is 24.7. The largest absolute Gasteiger partial charge is 0.378 e. The molecule has 3 heterocycles. The van der Waals surface area contributed by atoms with Crippen LogP contribution in [-0.4, -0.2) is 58.6 Å². The average molecular weight is 377 g/mol. The van der Waals surface area contributed by atoms with Gasteiger partial charge in [0.05, 0.1) is 19.4 Å². The summed E-state index contributed by atoms with van der Waals surface area (Å²) in [6, 6.07) is 8.44. The summed E-state index contributed by atoms with van der Waals surface area (Å²) in [4.78, 5) is 7.97. The first-order valence-electron chi connectivity index (χ1n) is 9.23. The first-order valence-corrected chi connectivity index (χ1v) is 9.61. The molecule has 0 aliphatic carbocycles. The van der Waals surface area contributed by atoms with Gasteiger partial charge in [-0.15, -0.1) is 10.2 Å². The van der Waals surface area contributed by atoms with Crippen molar-refractivity contribution in [2.75, 3.05) is 36.9 Å². The van der Waals surface area contributed by atoms with Crippen molar-refractivity contribution in [1.82, 2.24) is 20.1 Å². The van der Waals surface area contributed by atoms with Gasteiger partial charge in [-0.05, 0) is 43.4 Å². The smallest absolute Gasteiger partial charge is 0.227 e. The predicted octanol–water partition coefficient (Wildman–Crippen LogP) is 2.30. The molecule has 2 atom stereocenters. The van der Waals surface area contributed by atoms with Gasteiger partial charge in [-0.1, -0.05) is 23.7 Å². The average Bonchev–Trinajstić information content (AvgIpc) is 3.10. The summed E-state index contributed by atoms with van der Waals surface area (Å²) in [5, 5.41) is 8.94. The molecule has 2 saturated heterocycles. The van der Waals surface area contributed by atoms with Gasteiger partial charge in [0, 0.05) is 24.2 Å². The molecule has 0 radical (unpaired) electrons. The molecule has 4 rings (SSSR count). The van der Waals surface area contributed by atoms with Crippen molar-refractivity contribution >= 4 is 23.5 Å². The highest BCUT2D eigenvalue weighted by Gasteiger charge is 2.35. The summed E-state index contributed by atoms with van der Waals surface area (Å²) in [5.41, 5.74) is 7.03. The second kappa shape index (κ2) is 7.82. The molecule has 2 aromatic rings. The van der Waals surface area contributed by atoms with E-state index in [1.807, 2.05) is 12.1 Å². The molecular formula is C18H25ClN6O. The van der Waals surface area contributed by atoms with E-state index < -0.39 is 0 Å². The standard InChI is InChI=1S/C18H25ClN6O/c19-14-6-4-13(5-7-14)11-15-12-26-10-9-24(15)16-3-1-2-8-25(16)18-21-17(20)22-23-18/h4-7,15-16H,1-3,8-12H2,(H3,20,21,22,23)/t15?,16-/m0/s1. The van der Waals surface area contributed by atoms with E-state index in [1.54, 1.807) is 0 Å². The Labute approximate surface area is 158 Å². The van der Waals surface area contributed by atoms with Gasteiger partial charge in [0.15, 0.2) is 0 Å². The SMILES string of the molecule is Nc1nnc(N2CCCC[C@H]2N2CCOCC2Cc2ccc(Cl)cc2)[nH]1. The number of nitrogens with two attached hydrogens (primary N) is 1. The van der Waals surface area contributed by atoms with Crippen molar-refractivity contribution in [3.8, 4) is 0 Å². The maximum absolute atomic E-state index is 6.03. The van der Waals surface area contributed by atoms with Crippen molar-refractivity contribution < 1.29 is 4.74 Å². The highest BCUT2D eigenvalue weighted by molar-refractivity contribution is 6.30. The van der Waals surface area contributed by atoms with E-state index in [2.05, 4.69) is 37.1 Å². The number of nitrogen functional groups attached to an aromatic ring is 1. The van der Waals surface area contributed by atoms with Gasteiger partial charge in [-0.3, -0.25) is 9.88 Å². The molecule has 0 bridgehead atoms. The molecule has 26 heavy (non-hydrogen) atoms. The first-order chi connectivity index (χ1) is 12.7. The second-order valence-electron chi connectivity index (χ2n) is 7.00. The topological polar surface area (TPSA) is 83.3 Å². The number of nitrogens with zero attached hydrogens (tertiary/aromatic N) is 4. The molecule has 2 aliphatic heterocycles. The number of nitrogens with one attached hydrogen (secondary N) is 1. The van der Waals surface area contributed by atoms with E-state index in [-0.39, 0.29) is 6.17 Å². The highest BCUT2D eigenvalue weighted by Crippen LogP contribution is 2.28. The number of benzene rings is 1. The number of piperidine rings is 1. The van der Waals surface area contributed by atoms with E-state index in [1.165, 1.54) is 12.0 Å². The minimum absolute atomic E-state index is 0.289. The van der Waals surface area contributed by atoms with Gasteiger partial charge in [-0.25, -0.2) is 0 Å². The van der Waals surface area contributed by atoms with Crippen molar-refractivity contribution in [3.63, 3.8) is 0 Å². The number of H-pyrrole nitrogens is 1. The van der Waals surface area contributed by atoms with Crippen LogP contribution in [-0.2, 0) is 11.2 Å². The molecule has 3 N–H and O–H groups in total. The van der Waals surface area contributed by atoms with Crippen LogP contribution < -0.4 is 10.6 Å². The number of rotatable bonds is 4. The molecule has 0 spiro atoms. The molecule has 1 aromatic heterocycles. The second-order valence-corrected chi connectivity index (χ2v) is 7.44. The molecule has 8 heteroatoms. The molecular weight excluding hydrogens is 352 g/mol. The molecule has 1 aromatic carbocycles. The molecule has 140 valence electrons. The van der Waals surface area contributed by atoms with Crippen LogP contribution in [0.1, 0.15) is 24.8 Å². The molecule has 2 aliphatic rings. The van der Waals surface area contributed by atoms with Crippen molar-refractivity contribution in [2.24, 2.45) is 0 Å². The van der Waals surface area contributed by atoms with Gasteiger partial charge in [0.1, 0.15) is 0 Å². The van der Waals surface area contributed by atoms with E-state index in [0.29, 0.717) is 12.0 Å². The van der Waals surface area contributed by atoms with Crippen LogP contribution in [0.5, 0.6) is 0 Å². The van der Waals surface area contributed by atoms with E-state index >= 15 is 0 Å². The van der Waals surface area contributed by atoms with Gasteiger partial charge < -0.3 is 15.4 Å². The third kappa shape index (κ3) is 3.79. The maximum Gasteiger partial charge on any atom is 0.227 e. The Bertz CT molecular complexity index is 721. The third-order valence-electron chi connectivity index (χ3n) is 5.28. The van der Waals surface area contributed by atoms with E-state index in [9.17, 15) is 0 Å². The number of aromatic nitrogens is 3. The minimum Gasteiger partial charge on any atom is -0.378 e. The van der Waals surface area contributed by atoms with Gasteiger partial charge in [0.25, 0.3) is 0 Å². The number of morpholine rings is 1. The number of hydrogen-bond acceptors (Lipinski definition) is 6. The van der Waals surface area contributed by atoms with E-state index in [0.717, 1.165) is 56.5 Å². The van der Waals surface area contributed by atoms with Crippen LogP contribution in [0.15, 0.2) is 24.3 Å². The molecule has 0 amide bonds. The molecule has 1 unspecified atom stereocenters. The summed E-state index contributed by atoms with van der Waals surface area (Å²) in [5.74, 6) is 1.13. The van der Waals surface area contributed by atoms with Crippen LogP contribution in [0, 0.1) is 0 Å². The fourth-order valence-corrected chi connectivity index (χ4v) is 4.16. The minimum atomic E-state index is 0.289. The Morgan fingerprint density at radius 2 is 2.04 bits per heavy atom. The summed E-state index contributed by atoms with van der Waals surface area (Å²) < 4.78 is 5.80. The number of ether oxygens (including phenoxy) is 1. The molecule has 7 nitrogen and oxygen atoms in total. The summed E-state index contributed by atoms with van der Waals surface area (Å²) in [6.45, 7) is 3.39. The predicted molar refractivity (Wildman–Crippen MR) is 102 cm³/mol. The zero-order valence-electron chi connectivity index (χ0n) is 14.8. The van der Waals surface area contributed by atoms with Crippen LogP contribution in [0.3, 0.4) is 0 Å². The van der Waals surface area contributed by atoms with Crippen LogP contribution in [0.2, 0.25) is 5.02 Å². The van der Waals surface area contributed by atoms with Crippen molar-refractivity contribution in [2.45, 2.75) is 37.9 Å². The molecule has 2 fully saturated rings. The Balaban J connectivity index is 1.54. The summed E-state index contributed by atoms with van der Waals surface area (Å²) in [6.07, 6.45) is 4.72. The maximum atomic E-state index is 6.03. The Hall–Kier alpha value is -1.83. The number of hydrogen-bond donors (Lipinski definition) is 2. The molecule has 0 saturated carbocycles. The monoisotopic (exact) mass is 376 g/mol. The summed E-state index contributed by atoms with van der Waals surface area (Å²) >= 11 is 6.03. The lowest BCUT2D eigenvalue weighted by Gasteiger charge is -2.47. The van der Waals surface area contributed by atoms with Gasteiger partial charge in [-0.2, -0.15) is 0 Å². The van der Waals surface area contributed by atoms with Gasteiger partial charge in [0.2, 0.25) is 11.9 Å². The van der Waals surface area contributed by atoms with Crippen LogP contribution in [0.4, 0.5) is 11.9 Å².